The number of halogens is 3. The standard InChI is InChI=1S/C23H26F3N5O2.3CH4/c1-11-20-21(31(3)12(2)22(32)30-20)29-18(27-11)8-13-4-6-15(7-5-13)28-23(33)14-9-16(24)19(26)17(25)10-14;;;/h9-10,12-13,15H,4-8H2,1-3H3,(H,28,33)(H,30,32);3*1H4/t12-,13?,15?;;;/m0.../s1. The maximum atomic E-state index is 13.4. The first-order valence-electron chi connectivity index (χ1n) is 11.0. The third kappa shape index (κ3) is 6.14. The van der Waals surface area contributed by atoms with E-state index in [1.54, 1.807) is 0 Å². The summed E-state index contributed by atoms with van der Waals surface area (Å²) in [5, 5.41) is 5.66. The van der Waals surface area contributed by atoms with Gasteiger partial charge in [-0.1, -0.05) is 22.3 Å². The van der Waals surface area contributed by atoms with E-state index in [-0.39, 0.29) is 45.8 Å². The number of nitrogens with one attached hydrogen (secondary N) is 2. The van der Waals surface area contributed by atoms with Crippen LogP contribution in [0.1, 0.15) is 76.8 Å². The molecule has 0 saturated heterocycles. The first-order valence-corrected chi connectivity index (χ1v) is 11.0. The van der Waals surface area contributed by atoms with Crippen molar-refractivity contribution in [3.63, 3.8) is 0 Å². The van der Waals surface area contributed by atoms with Crippen LogP contribution in [0.3, 0.4) is 0 Å². The van der Waals surface area contributed by atoms with Gasteiger partial charge in [0.15, 0.2) is 23.3 Å². The molecule has 2 N–H and O–H groups in total. The van der Waals surface area contributed by atoms with Gasteiger partial charge in [-0.2, -0.15) is 0 Å². The van der Waals surface area contributed by atoms with Crippen LogP contribution in [-0.2, 0) is 11.2 Å². The van der Waals surface area contributed by atoms with E-state index < -0.39 is 23.4 Å². The zero-order valence-corrected chi connectivity index (χ0v) is 18.7. The summed E-state index contributed by atoms with van der Waals surface area (Å²) in [6, 6.07) is 0.963. The number of fused-ring (bicyclic) bond motifs is 1. The highest BCUT2D eigenvalue weighted by atomic mass is 19.2. The van der Waals surface area contributed by atoms with Crippen LogP contribution in [0.4, 0.5) is 24.7 Å². The van der Waals surface area contributed by atoms with Crippen molar-refractivity contribution in [3.05, 3.63) is 46.7 Å². The van der Waals surface area contributed by atoms with E-state index in [0.29, 0.717) is 54.6 Å². The van der Waals surface area contributed by atoms with Crippen molar-refractivity contribution in [2.24, 2.45) is 5.92 Å². The van der Waals surface area contributed by atoms with Gasteiger partial charge in [0.2, 0.25) is 5.91 Å². The number of carbonyl (C=O) groups is 2. The van der Waals surface area contributed by atoms with Gasteiger partial charge in [0.05, 0.1) is 5.69 Å². The monoisotopic (exact) mass is 509 g/mol. The molecule has 1 saturated carbocycles. The molecule has 200 valence electrons. The topological polar surface area (TPSA) is 87.2 Å². The Morgan fingerprint density at radius 3 is 2.25 bits per heavy atom. The molecule has 2 amide bonds. The number of carbonyl (C=O) groups excluding carboxylic acids is 2. The highest BCUT2D eigenvalue weighted by Crippen LogP contribution is 2.33. The lowest BCUT2D eigenvalue weighted by Gasteiger charge is -2.33. The Kier molecular flexibility index (Phi) is 10.4. The first-order chi connectivity index (χ1) is 15.6. The first kappa shape index (κ1) is 30.9. The van der Waals surface area contributed by atoms with E-state index in [0.717, 1.165) is 18.5 Å². The van der Waals surface area contributed by atoms with Gasteiger partial charge in [-0.25, -0.2) is 23.1 Å². The van der Waals surface area contributed by atoms with Gasteiger partial charge in [0, 0.05) is 25.1 Å². The fourth-order valence-corrected chi connectivity index (χ4v) is 4.42. The van der Waals surface area contributed by atoms with Crippen LogP contribution in [-0.4, -0.2) is 40.9 Å². The van der Waals surface area contributed by atoms with Gasteiger partial charge in [-0.15, -0.1) is 0 Å². The second-order valence-electron chi connectivity index (χ2n) is 8.85. The molecule has 0 bridgehead atoms. The SMILES string of the molecule is C.C.C.Cc1nc(CC2CCC(NC(=O)c3cc(F)c(F)c(F)c3)CC2)nc2c1NC(=O)[C@H](C)N2C. The predicted molar refractivity (Wildman–Crippen MR) is 137 cm³/mol. The highest BCUT2D eigenvalue weighted by Gasteiger charge is 2.31. The number of hydrogen-bond donors (Lipinski definition) is 2. The van der Waals surface area contributed by atoms with Gasteiger partial charge in [-0.3, -0.25) is 9.59 Å². The number of amides is 2. The summed E-state index contributed by atoms with van der Waals surface area (Å²) in [4.78, 5) is 35.5. The molecule has 0 spiro atoms. The molecule has 2 heterocycles. The molecule has 1 aromatic heterocycles. The van der Waals surface area contributed by atoms with Crippen LogP contribution >= 0.6 is 0 Å². The lowest BCUT2D eigenvalue weighted by atomic mass is 9.84. The second kappa shape index (κ2) is 12.2. The average Bonchev–Trinajstić information content (AvgIpc) is 2.78. The molecule has 1 fully saturated rings. The highest BCUT2D eigenvalue weighted by molar-refractivity contribution is 6.02. The maximum Gasteiger partial charge on any atom is 0.251 e. The Hall–Kier alpha value is -3.17. The fourth-order valence-electron chi connectivity index (χ4n) is 4.42. The van der Waals surface area contributed by atoms with Crippen molar-refractivity contribution >= 4 is 23.3 Å². The molecule has 4 rings (SSSR count). The molecule has 7 nitrogen and oxygen atoms in total. The molecule has 10 heteroatoms. The van der Waals surface area contributed by atoms with Crippen molar-refractivity contribution in [2.75, 3.05) is 17.3 Å². The largest absolute Gasteiger partial charge is 0.349 e. The van der Waals surface area contributed by atoms with Gasteiger partial charge >= 0.3 is 0 Å². The van der Waals surface area contributed by atoms with Crippen molar-refractivity contribution in [1.29, 1.82) is 0 Å². The zero-order chi connectivity index (χ0) is 23.9. The third-order valence-corrected chi connectivity index (χ3v) is 6.56. The minimum absolute atomic E-state index is 0. The van der Waals surface area contributed by atoms with E-state index in [1.165, 1.54) is 0 Å². The number of rotatable bonds is 4. The number of nitrogens with zero attached hydrogens (tertiary/aromatic N) is 3. The summed E-state index contributed by atoms with van der Waals surface area (Å²) in [6.45, 7) is 3.67. The molecule has 36 heavy (non-hydrogen) atoms. The predicted octanol–water partition coefficient (Wildman–Crippen LogP) is 5.42. The smallest absolute Gasteiger partial charge is 0.251 e. The summed E-state index contributed by atoms with van der Waals surface area (Å²) in [5.74, 6) is -3.31. The van der Waals surface area contributed by atoms with Crippen LogP contribution < -0.4 is 15.5 Å². The number of hydrogen-bond acceptors (Lipinski definition) is 5. The van der Waals surface area contributed by atoms with Crippen molar-refractivity contribution in [3.8, 4) is 0 Å². The molecule has 0 radical (unpaired) electrons. The lowest BCUT2D eigenvalue weighted by Crippen LogP contribution is -2.45. The normalized spacial score (nSPS) is 20.7. The Labute approximate surface area is 211 Å². The van der Waals surface area contributed by atoms with Gasteiger partial charge in [0.1, 0.15) is 17.6 Å². The van der Waals surface area contributed by atoms with Crippen LogP contribution in [0.15, 0.2) is 12.1 Å². The molecule has 1 aliphatic carbocycles. The van der Waals surface area contributed by atoms with Gasteiger partial charge in [-0.05, 0) is 57.6 Å². The summed E-state index contributed by atoms with van der Waals surface area (Å²) >= 11 is 0. The van der Waals surface area contributed by atoms with E-state index in [9.17, 15) is 22.8 Å². The fraction of sp³-hybridized carbons (Fsp3) is 0.538. The van der Waals surface area contributed by atoms with Crippen LogP contribution in [0.25, 0.3) is 0 Å². The minimum atomic E-state index is -1.59. The molecule has 2 aromatic rings. The Morgan fingerprint density at radius 1 is 1.08 bits per heavy atom. The summed E-state index contributed by atoms with van der Waals surface area (Å²) in [7, 11) is 1.84. The Balaban J connectivity index is 0.00000216. The number of benzene rings is 1. The van der Waals surface area contributed by atoms with Crippen LogP contribution in [0, 0.1) is 30.3 Å². The molecule has 2 aliphatic rings. The van der Waals surface area contributed by atoms with E-state index in [2.05, 4.69) is 15.6 Å². The van der Waals surface area contributed by atoms with Crippen molar-refractivity contribution in [1.82, 2.24) is 15.3 Å². The second-order valence-corrected chi connectivity index (χ2v) is 8.85. The van der Waals surface area contributed by atoms with E-state index >= 15 is 0 Å². The summed E-state index contributed by atoms with van der Waals surface area (Å²) < 4.78 is 39.9. The third-order valence-electron chi connectivity index (χ3n) is 6.56. The summed E-state index contributed by atoms with van der Waals surface area (Å²) in [6.07, 6.45) is 3.76. The van der Waals surface area contributed by atoms with E-state index in [1.807, 2.05) is 25.8 Å². The Bertz CT molecular complexity index is 1080. The average molecular weight is 510 g/mol. The molecule has 0 unspecified atom stereocenters. The molecule has 1 aliphatic heterocycles. The summed E-state index contributed by atoms with van der Waals surface area (Å²) in [5.41, 5.74) is 1.13. The number of likely N-dealkylation sites (N-methyl/N-ethyl adjacent to an activating group) is 1. The zero-order valence-electron chi connectivity index (χ0n) is 18.7. The Morgan fingerprint density at radius 2 is 1.67 bits per heavy atom. The van der Waals surface area contributed by atoms with Gasteiger partial charge < -0.3 is 15.5 Å². The van der Waals surface area contributed by atoms with Crippen LogP contribution in [0.5, 0.6) is 0 Å². The lowest BCUT2D eigenvalue weighted by molar-refractivity contribution is -0.117. The number of aryl methyl sites for hydroxylation is 1. The number of aromatic nitrogens is 2. The van der Waals surface area contributed by atoms with Gasteiger partial charge in [0.25, 0.3) is 5.91 Å². The molecule has 1 atom stereocenters. The van der Waals surface area contributed by atoms with E-state index in [4.69, 9.17) is 4.98 Å². The molecule has 1 aromatic carbocycles. The quantitative estimate of drug-likeness (QED) is 0.538. The molecular formula is C26H38F3N5O2. The minimum Gasteiger partial charge on any atom is -0.349 e. The number of anilines is 2. The van der Waals surface area contributed by atoms with Crippen LogP contribution in [0.2, 0.25) is 0 Å². The molecular weight excluding hydrogens is 471 g/mol. The maximum absolute atomic E-state index is 13.4. The van der Waals surface area contributed by atoms with Crippen molar-refractivity contribution in [2.45, 2.75) is 80.3 Å². The van der Waals surface area contributed by atoms with Crippen molar-refractivity contribution < 1.29 is 22.8 Å².